The number of terminal acetylenes is 1. The first-order chi connectivity index (χ1) is 6.75. The van der Waals surface area contributed by atoms with Crippen LogP contribution in [0.3, 0.4) is 0 Å². The Morgan fingerprint density at radius 1 is 1.71 bits per heavy atom. The summed E-state index contributed by atoms with van der Waals surface area (Å²) in [6.07, 6.45) is 6.67. The molecule has 0 saturated carbocycles. The molecule has 1 heterocycles. The monoisotopic (exact) mass is 197 g/mol. The van der Waals surface area contributed by atoms with E-state index in [4.69, 9.17) is 16.3 Å². The van der Waals surface area contributed by atoms with Gasteiger partial charge in [-0.3, -0.25) is 9.69 Å². The summed E-state index contributed by atoms with van der Waals surface area (Å²) in [6, 6.07) is -0.499. The number of aliphatic carboxylic acids is 1. The molecule has 0 aromatic rings. The van der Waals surface area contributed by atoms with Gasteiger partial charge in [-0.2, -0.15) is 0 Å². The molecule has 0 spiro atoms. The van der Waals surface area contributed by atoms with E-state index in [1.54, 1.807) is 0 Å². The zero-order valence-corrected chi connectivity index (χ0v) is 8.11. The first-order valence-corrected chi connectivity index (χ1v) is 4.73. The van der Waals surface area contributed by atoms with Crippen molar-refractivity contribution in [1.82, 2.24) is 4.90 Å². The summed E-state index contributed by atoms with van der Waals surface area (Å²) < 4.78 is 5.12. The van der Waals surface area contributed by atoms with Gasteiger partial charge in [0.15, 0.2) is 0 Å². The molecular formula is C10H15NO3. The molecule has 1 aliphatic rings. The number of carboxylic acid groups (broad SMARTS) is 1. The Kier molecular flexibility index (Phi) is 4.44. The molecule has 0 bridgehead atoms. The van der Waals surface area contributed by atoms with E-state index in [0.29, 0.717) is 19.6 Å². The second-order valence-electron chi connectivity index (χ2n) is 3.27. The van der Waals surface area contributed by atoms with Gasteiger partial charge in [0.2, 0.25) is 0 Å². The highest BCUT2D eigenvalue weighted by molar-refractivity contribution is 5.73. The lowest BCUT2D eigenvalue weighted by atomic mass is 10.2. The molecular weight excluding hydrogens is 182 g/mol. The van der Waals surface area contributed by atoms with Crippen molar-refractivity contribution in [2.24, 2.45) is 0 Å². The number of rotatable bonds is 4. The summed E-state index contributed by atoms with van der Waals surface area (Å²) >= 11 is 0. The fraction of sp³-hybridized carbons (Fsp3) is 0.700. The van der Waals surface area contributed by atoms with Crippen LogP contribution in [-0.4, -0.2) is 48.3 Å². The maximum Gasteiger partial charge on any atom is 0.323 e. The number of morpholine rings is 1. The van der Waals surface area contributed by atoms with Crippen molar-refractivity contribution in [2.45, 2.75) is 18.9 Å². The zero-order chi connectivity index (χ0) is 10.4. The molecule has 1 rings (SSSR count). The van der Waals surface area contributed by atoms with Gasteiger partial charge in [0.05, 0.1) is 13.2 Å². The molecule has 4 nitrogen and oxygen atoms in total. The van der Waals surface area contributed by atoms with Crippen LogP contribution < -0.4 is 0 Å². The predicted molar refractivity (Wildman–Crippen MR) is 51.9 cm³/mol. The minimum absolute atomic E-state index is 0.283. The third kappa shape index (κ3) is 3.02. The van der Waals surface area contributed by atoms with Crippen LogP contribution in [0.2, 0.25) is 0 Å². The number of carboxylic acids is 1. The van der Waals surface area contributed by atoms with E-state index in [2.05, 4.69) is 5.92 Å². The van der Waals surface area contributed by atoms with Gasteiger partial charge in [0.25, 0.3) is 0 Å². The molecule has 0 aromatic heterocycles. The molecule has 1 atom stereocenters. The molecule has 1 N–H and O–H groups in total. The van der Waals surface area contributed by atoms with Gasteiger partial charge in [0, 0.05) is 19.5 Å². The Bertz CT molecular complexity index is 234. The van der Waals surface area contributed by atoms with Crippen LogP contribution in [0.25, 0.3) is 0 Å². The molecule has 14 heavy (non-hydrogen) atoms. The molecule has 78 valence electrons. The second kappa shape index (κ2) is 5.63. The smallest absolute Gasteiger partial charge is 0.323 e. The van der Waals surface area contributed by atoms with Crippen molar-refractivity contribution < 1.29 is 14.6 Å². The first kappa shape index (κ1) is 11.0. The molecule has 0 aromatic carbocycles. The summed E-state index contributed by atoms with van der Waals surface area (Å²) in [5.41, 5.74) is 0. The van der Waals surface area contributed by atoms with Gasteiger partial charge in [-0.05, 0) is 6.42 Å². The quantitative estimate of drug-likeness (QED) is 0.516. The molecule has 0 radical (unpaired) electrons. The summed E-state index contributed by atoms with van der Waals surface area (Å²) in [5, 5.41) is 8.90. The molecule has 1 aliphatic heterocycles. The van der Waals surface area contributed by atoms with Gasteiger partial charge < -0.3 is 9.84 Å². The van der Waals surface area contributed by atoms with Gasteiger partial charge in [0.1, 0.15) is 6.04 Å². The van der Waals surface area contributed by atoms with Gasteiger partial charge >= 0.3 is 5.97 Å². The summed E-state index contributed by atoms with van der Waals surface area (Å²) in [6.45, 7) is 2.32. The van der Waals surface area contributed by atoms with Gasteiger partial charge in [-0.25, -0.2) is 0 Å². The second-order valence-corrected chi connectivity index (χ2v) is 3.27. The molecule has 0 aliphatic carbocycles. The maximum atomic E-state index is 10.8. The van der Waals surface area contributed by atoms with Gasteiger partial charge in [-0.15, -0.1) is 12.3 Å². The van der Waals surface area contributed by atoms with Crippen LogP contribution in [0.5, 0.6) is 0 Å². The average molecular weight is 197 g/mol. The van der Waals surface area contributed by atoms with Crippen molar-refractivity contribution in [2.75, 3.05) is 26.3 Å². The van der Waals surface area contributed by atoms with E-state index in [1.165, 1.54) is 0 Å². The van der Waals surface area contributed by atoms with E-state index < -0.39 is 12.0 Å². The van der Waals surface area contributed by atoms with E-state index in [1.807, 2.05) is 4.90 Å². The van der Waals surface area contributed by atoms with Crippen molar-refractivity contribution in [1.29, 1.82) is 0 Å². The third-order valence-electron chi connectivity index (χ3n) is 2.29. The van der Waals surface area contributed by atoms with Crippen LogP contribution in [0, 0.1) is 12.3 Å². The largest absolute Gasteiger partial charge is 0.480 e. The van der Waals surface area contributed by atoms with Crippen molar-refractivity contribution >= 4 is 5.97 Å². The standard InChI is InChI=1S/C10H15NO3/c1-2-3-4-5-11-6-7-14-8-9(11)10(12)13/h1,9H,3-8H2,(H,12,13). The Morgan fingerprint density at radius 3 is 3.14 bits per heavy atom. The number of ether oxygens (including phenoxy) is 1. The number of unbranched alkanes of at least 4 members (excludes halogenated alkanes) is 1. The summed E-state index contributed by atoms with van der Waals surface area (Å²) in [5.74, 6) is 1.73. The van der Waals surface area contributed by atoms with Crippen LogP contribution >= 0.6 is 0 Å². The van der Waals surface area contributed by atoms with Crippen LogP contribution in [0.4, 0.5) is 0 Å². The molecule has 1 saturated heterocycles. The Morgan fingerprint density at radius 2 is 2.50 bits per heavy atom. The summed E-state index contributed by atoms with van der Waals surface area (Å²) in [4.78, 5) is 12.8. The highest BCUT2D eigenvalue weighted by Crippen LogP contribution is 2.08. The number of carbonyl (C=O) groups is 1. The molecule has 1 fully saturated rings. The lowest BCUT2D eigenvalue weighted by Crippen LogP contribution is -2.50. The predicted octanol–water partition coefficient (Wildman–Crippen LogP) is 0.185. The van der Waals surface area contributed by atoms with Crippen molar-refractivity contribution in [3.05, 3.63) is 0 Å². The lowest BCUT2D eigenvalue weighted by molar-refractivity contribution is -0.149. The normalized spacial score (nSPS) is 22.9. The van der Waals surface area contributed by atoms with E-state index in [0.717, 1.165) is 13.0 Å². The summed E-state index contributed by atoms with van der Waals surface area (Å²) in [7, 11) is 0. The van der Waals surface area contributed by atoms with Gasteiger partial charge in [-0.1, -0.05) is 0 Å². The Hall–Kier alpha value is -1.05. The van der Waals surface area contributed by atoms with E-state index >= 15 is 0 Å². The maximum absolute atomic E-state index is 10.8. The van der Waals surface area contributed by atoms with E-state index in [9.17, 15) is 4.79 Å². The zero-order valence-electron chi connectivity index (χ0n) is 8.11. The molecule has 1 unspecified atom stereocenters. The minimum atomic E-state index is -0.814. The fourth-order valence-corrected chi connectivity index (χ4v) is 1.52. The number of nitrogens with zero attached hydrogens (tertiary/aromatic N) is 1. The first-order valence-electron chi connectivity index (χ1n) is 4.73. The van der Waals surface area contributed by atoms with Crippen molar-refractivity contribution in [3.8, 4) is 12.3 Å². The van der Waals surface area contributed by atoms with Crippen LogP contribution in [0.15, 0.2) is 0 Å². The highest BCUT2D eigenvalue weighted by Gasteiger charge is 2.28. The van der Waals surface area contributed by atoms with Crippen LogP contribution in [-0.2, 0) is 9.53 Å². The average Bonchev–Trinajstić information content (AvgIpc) is 2.19. The SMILES string of the molecule is C#CCCCN1CCOCC1C(=O)O. The molecule has 4 heteroatoms. The number of hydrogen-bond donors (Lipinski definition) is 1. The highest BCUT2D eigenvalue weighted by atomic mass is 16.5. The fourth-order valence-electron chi connectivity index (χ4n) is 1.52. The minimum Gasteiger partial charge on any atom is -0.480 e. The molecule has 0 amide bonds. The Balaban J connectivity index is 2.38. The topological polar surface area (TPSA) is 49.8 Å². The van der Waals surface area contributed by atoms with E-state index in [-0.39, 0.29) is 6.61 Å². The van der Waals surface area contributed by atoms with Crippen molar-refractivity contribution in [3.63, 3.8) is 0 Å². The number of hydrogen-bond acceptors (Lipinski definition) is 3. The lowest BCUT2D eigenvalue weighted by Gasteiger charge is -2.32. The van der Waals surface area contributed by atoms with Crippen LogP contribution in [0.1, 0.15) is 12.8 Å². The third-order valence-corrected chi connectivity index (χ3v) is 2.29. The Labute approximate surface area is 83.8 Å².